The Bertz CT molecular complexity index is 713. The summed E-state index contributed by atoms with van der Waals surface area (Å²) in [6.45, 7) is 2.66. The molecule has 0 unspecified atom stereocenters. The summed E-state index contributed by atoms with van der Waals surface area (Å²) in [5, 5.41) is 9.39. The predicted molar refractivity (Wildman–Crippen MR) is 85.5 cm³/mol. The van der Waals surface area contributed by atoms with Gasteiger partial charge in [0.15, 0.2) is 0 Å². The highest BCUT2D eigenvalue weighted by atomic mass is 35.5. The van der Waals surface area contributed by atoms with E-state index in [0.29, 0.717) is 32.0 Å². The zero-order valence-corrected chi connectivity index (χ0v) is 13.4. The van der Waals surface area contributed by atoms with Crippen molar-refractivity contribution in [2.45, 2.75) is 6.18 Å². The molecule has 0 amide bonds. The molecule has 0 bridgehead atoms. The molecule has 1 aromatic carbocycles. The van der Waals surface area contributed by atoms with Gasteiger partial charge in [0.25, 0.3) is 5.82 Å². The molecule has 3 rings (SSSR count). The van der Waals surface area contributed by atoms with Crippen molar-refractivity contribution in [2.24, 2.45) is 0 Å². The third-order valence-corrected chi connectivity index (χ3v) is 4.30. The molecule has 0 aliphatic carbocycles. The van der Waals surface area contributed by atoms with E-state index < -0.39 is 11.7 Å². The third kappa shape index (κ3) is 3.51. The van der Waals surface area contributed by atoms with E-state index >= 15 is 0 Å². The van der Waals surface area contributed by atoms with E-state index in [4.69, 9.17) is 11.6 Å². The average Bonchev–Trinajstić information content (AvgIpc) is 2.55. The van der Waals surface area contributed by atoms with E-state index in [1.807, 2.05) is 17.0 Å². The number of aromatic amines is 1. The number of phenolic OH excluding ortho intramolecular Hbond substituents is 1. The summed E-state index contributed by atoms with van der Waals surface area (Å²) >= 11 is 6.03. The number of anilines is 2. The normalized spacial score (nSPS) is 15.7. The molecule has 0 atom stereocenters. The summed E-state index contributed by atoms with van der Waals surface area (Å²) in [5.74, 6) is 0.707. The zero-order chi connectivity index (χ0) is 17.3. The van der Waals surface area contributed by atoms with Crippen molar-refractivity contribution in [3.8, 4) is 5.75 Å². The van der Waals surface area contributed by atoms with Gasteiger partial charge in [0.1, 0.15) is 30.1 Å². The Hall–Kier alpha value is -2.15. The summed E-state index contributed by atoms with van der Waals surface area (Å²) in [6.07, 6.45) is -3.48. The molecule has 128 valence electrons. The molecule has 0 spiro atoms. The van der Waals surface area contributed by atoms with Crippen LogP contribution in [0.15, 0.2) is 36.5 Å². The fraction of sp³-hybridized carbons (Fsp3) is 0.312. The van der Waals surface area contributed by atoms with E-state index in [1.54, 1.807) is 12.1 Å². The van der Waals surface area contributed by atoms with Crippen molar-refractivity contribution < 1.29 is 23.3 Å². The molecule has 2 N–H and O–H groups in total. The molecular weight excluding hydrogens is 343 g/mol. The van der Waals surface area contributed by atoms with Crippen LogP contribution in [0.1, 0.15) is 5.56 Å². The van der Waals surface area contributed by atoms with Gasteiger partial charge in [-0.3, -0.25) is 4.90 Å². The maximum Gasteiger partial charge on any atom is 0.419 e. The van der Waals surface area contributed by atoms with E-state index in [1.165, 1.54) is 0 Å². The van der Waals surface area contributed by atoms with Crippen LogP contribution in [0.2, 0.25) is 5.02 Å². The van der Waals surface area contributed by atoms with Crippen molar-refractivity contribution >= 4 is 23.1 Å². The Balaban J connectivity index is 1.69. The number of aromatic hydroxyl groups is 1. The first-order valence-electron chi connectivity index (χ1n) is 7.42. The second-order valence-electron chi connectivity index (χ2n) is 5.57. The van der Waals surface area contributed by atoms with Gasteiger partial charge < -0.3 is 10.0 Å². The van der Waals surface area contributed by atoms with Gasteiger partial charge in [-0.15, -0.1) is 0 Å². The van der Waals surface area contributed by atoms with Crippen LogP contribution in [0, 0.1) is 0 Å². The standard InChI is InChI=1S/C16H15ClF3N3O/c17-14-9-11(16(18,19)20)10-21-15(14)23-7-5-22(6-8-23)12-1-3-13(24)4-2-12/h1-4,9-10,24H,5-8H2/p+1. The molecule has 0 saturated carbocycles. The fourth-order valence-corrected chi connectivity index (χ4v) is 3.01. The van der Waals surface area contributed by atoms with Crippen LogP contribution in [0.4, 0.5) is 24.7 Å². The topological polar surface area (TPSA) is 40.9 Å². The van der Waals surface area contributed by atoms with E-state index in [-0.39, 0.29) is 10.8 Å². The Morgan fingerprint density at radius 1 is 1.00 bits per heavy atom. The van der Waals surface area contributed by atoms with Gasteiger partial charge >= 0.3 is 6.18 Å². The minimum atomic E-state index is -4.42. The maximum atomic E-state index is 12.7. The van der Waals surface area contributed by atoms with Gasteiger partial charge in [-0.2, -0.15) is 13.2 Å². The Labute approximate surface area is 142 Å². The van der Waals surface area contributed by atoms with Gasteiger partial charge in [0.2, 0.25) is 0 Å². The van der Waals surface area contributed by atoms with Crippen LogP contribution in [0.3, 0.4) is 0 Å². The second kappa shape index (κ2) is 6.39. The second-order valence-corrected chi connectivity index (χ2v) is 5.98. The average molecular weight is 359 g/mol. The van der Waals surface area contributed by atoms with Gasteiger partial charge in [0.05, 0.1) is 18.7 Å². The molecule has 24 heavy (non-hydrogen) atoms. The molecule has 4 nitrogen and oxygen atoms in total. The smallest absolute Gasteiger partial charge is 0.419 e. The number of benzene rings is 1. The van der Waals surface area contributed by atoms with Gasteiger partial charge in [0, 0.05) is 5.69 Å². The van der Waals surface area contributed by atoms with E-state index in [9.17, 15) is 18.3 Å². The summed E-state index contributed by atoms with van der Waals surface area (Å²) in [7, 11) is 0. The largest absolute Gasteiger partial charge is 0.508 e. The van der Waals surface area contributed by atoms with Crippen LogP contribution in [0.25, 0.3) is 0 Å². The number of alkyl halides is 3. The number of nitrogens with one attached hydrogen (secondary N) is 1. The van der Waals surface area contributed by atoms with Crippen molar-refractivity contribution in [1.29, 1.82) is 0 Å². The molecular formula is C16H16ClF3N3O+. The van der Waals surface area contributed by atoms with Crippen molar-refractivity contribution in [3.63, 3.8) is 0 Å². The molecule has 0 radical (unpaired) electrons. The van der Waals surface area contributed by atoms with Crippen molar-refractivity contribution in [3.05, 3.63) is 47.1 Å². The first-order valence-corrected chi connectivity index (χ1v) is 7.80. The SMILES string of the molecule is Oc1ccc(N2CCN(c3[nH+]cc(C(F)(F)F)cc3Cl)CC2)cc1. The van der Waals surface area contributed by atoms with Crippen LogP contribution in [-0.2, 0) is 6.18 Å². The highest BCUT2D eigenvalue weighted by Gasteiger charge is 2.34. The van der Waals surface area contributed by atoms with Crippen molar-refractivity contribution in [2.75, 3.05) is 36.0 Å². The quantitative estimate of drug-likeness (QED) is 0.896. The Morgan fingerprint density at radius 2 is 1.58 bits per heavy atom. The van der Waals surface area contributed by atoms with E-state index in [2.05, 4.69) is 9.88 Å². The van der Waals surface area contributed by atoms with Crippen molar-refractivity contribution in [1.82, 2.24) is 0 Å². The molecule has 2 heterocycles. The first kappa shape index (κ1) is 16.7. The number of H-pyrrole nitrogens is 1. The highest BCUT2D eigenvalue weighted by Crippen LogP contribution is 2.32. The first-order chi connectivity index (χ1) is 11.3. The number of nitrogens with zero attached hydrogens (tertiary/aromatic N) is 2. The highest BCUT2D eigenvalue weighted by molar-refractivity contribution is 6.32. The summed E-state index contributed by atoms with van der Waals surface area (Å²) in [4.78, 5) is 6.74. The molecule has 1 aliphatic heterocycles. The minimum absolute atomic E-state index is 0.0582. The number of aromatic nitrogens is 1. The molecule has 1 aromatic heterocycles. The predicted octanol–water partition coefficient (Wildman–Crippen LogP) is 3.21. The van der Waals surface area contributed by atoms with Gasteiger partial charge in [-0.25, -0.2) is 4.98 Å². The summed E-state index contributed by atoms with van der Waals surface area (Å²) in [5.41, 5.74) is 0.203. The van der Waals surface area contributed by atoms with Gasteiger partial charge in [-0.05, 0) is 30.3 Å². The Kier molecular flexibility index (Phi) is 4.45. The molecule has 2 aromatic rings. The van der Waals surface area contributed by atoms with Crippen LogP contribution in [0.5, 0.6) is 5.75 Å². The fourth-order valence-electron chi connectivity index (χ4n) is 2.72. The third-order valence-electron chi connectivity index (χ3n) is 4.01. The van der Waals surface area contributed by atoms with Crippen LogP contribution >= 0.6 is 11.6 Å². The number of halogens is 4. The van der Waals surface area contributed by atoms with Crippen LogP contribution < -0.4 is 14.8 Å². The maximum absolute atomic E-state index is 12.7. The lowest BCUT2D eigenvalue weighted by atomic mass is 10.2. The Morgan fingerprint density at radius 3 is 2.12 bits per heavy atom. The van der Waals surface area contributed by atoms with E-state index in [0.717, 1.165) is 18.0 Å². The number of pyridine rings is 1. The number of hydrogen-bond acceptors (Lipinski definition) is 3. The molecule has 1 aliphatic rings. The number of hydrogen-bond donors (Lipinski definition) is 1. The lowest BCUT2D eigenvalue weighted by molar-refractivity contribution is -0.367. The van der Waals surface area contributed by atoms with Crippen LogP contribution in [-0.4, -0.2) is 31.3 Å². The number of piperazine rings is 1. The number of phenols is 1. The summed E-state index contributed by atoms with van der Waals surface area (Å²) in [6, 6.07) is 7.87. The summed E-state index contributed by atoms with van der Waals surface area (Å²) < 4.78 is 38.1. The van der Waals surface area contributed by atoms with Gasteiger partial charge in [-0.1, -0.05) is 11.6 Å². The lowest BCUT2D eigenvalue weighted by Crippen LogP contribution is -2.48. The molecule has 1 fully saturated rings. The number of rotatable bonds is 2. The zero-order valence-electron chi connectivity index (χ0n) is 12.6. The lowest BCUT2D eigenvalue weighted by Gasteiger charge is -2.32. The molecule has 8 heteroatoms. The minimum Gasteiger partial charge on any atom is -0.508 e. The molecule has 1 saturated heterocycles. The monoisotopic (exact) mass is 358 g/mol.